The Morgan fingerprint density at radius 3 is 2.65 bits per heavy atom. The summed E-state index contributed by atoms with van der Waals surface area (Å²) < 4.78 is 17.0. The summed E-state index contributed by atoms with van der Waals surface area (Å²) in [6.07, 6.45) is 4.04. The molecule has 4 atom stereocenters. The molecule has 0 saturated carbocycles. The molecule has 1 aromatic rings. The van der Waals surface area contributed by atoms with Crippen LogP contribution in [-0.4, -0.2) is 26.1 Å². The zero-order chi connectivity index (χ0) is 14.4. The van der Waals surface area contributed by atoms with Gasteiger partial charge in [-0.25, -0.2) is 0 Å². The molecule has 1 aliphatic rings. The highest BCUT2D eigenvalue weighted by molar-refractivity contribution is 5.13. The third kappa shape index (κ3) is 4.17. The van der Waals surface area contributed by atoms with E-state index in [1.54, 1.807) is 7.11 Å². The van der Waals surface area contributed by atoms with Gasteiger partial charge in [0.2, 0.25) is 0 Å². The van der Waals surface area contributed by atoms with Gasteiger partial charge in [-0.1, -0.05) is 50.3 Å². The summed E-state index contributed by atoms with van der Waals surface area (Å²) in [6, 6.07) is 10.2. The van der Waals surface area contributed by atoms with Crippen LogP contribution in [0.1, 0.15) is 19.4 Å². The van der Waals surface area contributed by atoms with Crippen LogP contribution in [0.4, 0.5) is 0 Å². The molecule has 0 N–H and O–H groups in total. The van der Waals surface area contributed by atoms with Crippen molar-refractivity contribution in [2.45, 2.75) is 32.8 Å². The Morgan fingerprint density at radius 1 is 1.20 bits per heavy atom. The average Bonchev–Trinajstić information content (AvgIpc) is 2.48. The maximum absolute atomic E-state index is 5.92. The lowest BCUT2D eigenvalue weighted by atomic mass is 9.92. The largest absolute Gasteiger partial charge is 0.376 e. The second kappa shape index (κ2) is 7.58. The highest BCUT2D eigenvalue weighted by Gasteiger charge is 2.28. The fourth-order valence-electron chi connectivity index (χ4n) is 2.52. The van der Waals surface area contributed by atoms with Crippen molar-refractivity contribution < 1.29 is 14.2 Å². The van der Waals surface area contributed by atoms with Gasteiger partial charge in [0.1, 0.15) is 0 Å². The van der Waals surface area contributed by atoms with Crippen molar-refractivity contribution in [1.29, 1.82) is 0 Å². The van der Waals surface area contributed by atoms with E-state index in [1.807, 2.05) is 24.3 Å². The fraction of sp³-hybridized carbons (Fsp3) is 0.529. The second-order valence-corrected chi connectivity index (χ2v) is 5.43. The van der Waals surface area contributed by atoms with Gasteiger partial charge >= 0.3 is 0 Å². The molecule has 0 aromatic heterocycles. The summed E-state index contributed by atoms with van der Waals surface area (Å²) in [5.74, 6) is 0.716. The van der Waals surface area contributed by atoms with E-state index < -0.39 is 0 Å². The number of hydrogen-bond donors (Lipinski definition) is 0. The van der Waals surface area contributed by atoms with Gasteiger partial charge in [0, 0.05) is 18.9 Å². The molecule has 0 saturated heterocycles. The van der Waals surface area contributed by atoms with E-state index >= 15 is 0 Å². The van der Waals surface area contributed by atoms with Crippen molar-refractivity contribution in [2.24, 2.45) is 11.8 Å². The van der Waals surface area contributed by atoms with Gasteiger partial charge < -0.3 is 14.2 Å². The minimum atomic E-state index is -0.229. The van der Waals surface area contributed by atoms with E-state index in [9.17, 15) is 0 Å². The Labute approximate surface area is 121 Å². The third-order valence-corrected chi connectivity index (χ3v) is 3.67. The van der Waals surface area contributed by atoms with Crippen LogP contribution in [0.3, 0.4) is 0 Å². The standard InChI is InChI=1S/C17H24O3/c1-13-9-10-16(18-3)20-17(13)14(2)11-19-12-15-7-5-4-6-8-15/h4-10,13-14,16-17H,11-12H2,1-3H3/t13-,14-,16?,17+/m0/s1. The second-order valence-electron chi connectivity index (χ2n) is 5.43. The summed E-state index contributed by atoms with van der Waals surface area (Å²) in [4.78, 5) is 0. The SMILES string of the molecule is COC1C=C[C@H](C)[C@H]([C@@H](C)COCc2ccccc2)O1. The van der Waals surface area contributed by atoms with Crippen LogP contribution in [0.25, 0.3) is 0 Å². The van der Waals surface area contributed by atoms with Crippen LogP contribution in [0, 0.1) is 11.8 Å². The smallest absolute Gasteiger partial charge is 0.176 e. The first-order chi connectivity index (χ1) is 9.70. The van der Waals surface area contributed by atoms with Gasteiger partial charge in [-0.15, -0.1) is 0 Å². The maximum atomic E-state index is 5.92. The molecule has 0 radical (unpaired) electrons. The molecule has 1 aliphatic heterocycles. The van der Waals surface area contributed by atoms with Crippen molar-refractivity contribution in [3.63, 3.8) is 0 Å². The number of rotatable bonds is 6. The van der Waals surface area contributed by atoms with Crippen molar-refractivity contribution in [2.75, 3.05) is 13.7 Å². The van der Waals surface area contributed by atoms with Crippen LogP contribution < -0.4 is 0 Å². The summed E-state index contributed by atoms with van der Waals surface area (Å²) in [7, 11) is 1.67. The quantitative estimate of drug-likeness (QED) is 0.745. The Morgan fingerprint density at radius 2 is 1.95 bits per heavy atom. The maximum Gasteiger partial charge on any atom is 0.176 e. The van der Waals surface area contributed by atoms with E-state index in [4.69, 9.17) is 14.2 Å². The molecule has 3 nitrogen and oxygen atoms in total. The van der Waals surface area contributed by atoms with Gasteiger partial charge in [-0.3, -0.25) is 0 Å². The Hall–Kier alpha value is -1.16. The van der Waals surface area contributed by atoms with E-state index in [0.29, 0.717) is 25.0 Å². The Balaban J connectivity index is 1.79. The van der Waals surface area contributed by atoms with Crippen LogP contribution in [0.5, 0.6) is 0 Å². The molecule has 2 rings (SSSR count). The van der Waals surface area contributed by atoms with Crippen LogP contribution in [0.2, 0.25) is 0 Å². The normalized spacial score (nSPS) is 27.4. The molecule has 110 valence electrons. The van der Waals surface area contributed by atoms with Gasteiger partial charge in [-0.05, 0) is 11.6 Å². The first-order valence-corrected chi connectivity index (χ1v) is 7.19. The zero-order valence-corrected chi connectivity index (χ0v) is 12.5. The molecule has 1 heterocycles. The predicted molar refractivity (Wildman–Crippen MR) is 79.2 cm³/mol. The number of ether oxygens (including phenoxy) is 3. The first-order valence-electron chi connectivity index (χ1n) is 7.19. The lowest BCUT2D eigenvalue weighted by molar-refractivity contribution is -0.163. The third-order valence-electron chi connectivity index (χ3n) is 3.67. The molecule has 1 unspecified atom stereocenters. The molecule has 1 aromatic carbocycles. The van der Waals surface area contributed by atoms with Crippen LogP contribution in [-0.2, 0) is 20.8 Å². The van der Waals surface area contributed by atoms with Crippen molar-refractivity contribution in [3.05, 3.63) is 48.0 Å². The van der Waals surface area contributed by atoms with E-state index in [-0.39, 0.29) is 12.4 Å². The van der Waals surface area contributed by atoms with Gasteiger partial charge in [0.25, 0.3) is 0 Å². The van der Waals surface area contributed by atoms with E-state index in [2.05, 4.69) is 32.1 Å². The molecule has 20 heavy (non-hydrogen) atoms. The average molecular weight is 276 g/mol. The lowest BCUT2D eigenvalue weighted by Crippen LogP contribution is -2.37. The summed E-state index contributed by atoms with van der Waals surface area (Å²) >= 11 is 0. The number of hydrogen-bond acceptors (Lipinski definition) is 3. The molecular formula is C17H24O3. The molecule has 0 fully saturated rings. The molecule has 0 bridgehead atoms. The van der Waals surface area contributed by atoms with Gasteiger partial charge in [0.15, 0.2) is 6.29 Å². The molecule has 0 aliphatic carbocycles. The minimum Gasteiger partial charge on any atom is -0.376 e. The van der Waals surface area contributed by atoms with E-state index in [1.165, 1.54) is 5.56 Å². The van der Waals surface area contributed by atoms with Crippen LogP contribution in [0.15, 0.2) is 42.5 Å². The predicted octanol–water partition coefficient (Wildman–Crippen LogP) is 3.40. The molecule has 3 heteroatoms. The fourth-order valence-corrected chi connectivity index (χ4v) is 2.52. The molecular weight excluding hydrogens is 252 g/mol. The van der Waals surface area contributed by atoms with Crippen molar-refractivity contribution in [3.8, 4) is 0 Å². The van der Waals surface area contributed by atoms with E-state index in [0.717, 1.165) is 0 Å². The summed E-state index contributed by atoms with van der Waals surface area (Å²) in [6.45, 7) is 5.67. The first kappa shape index (κ1) is 15.2. The monoisotopic (exact) mass is 276 g/mol. The van der Waals surface area contributed by atoms with Crippen molar-refractivity contribution >= 4 is 0 Å². The highest BCUT2D eigenvalue weighted by Crippen LogP contribution is 2.25. The molecule has 0 spiro atoms. The minimum absolute atomic E-state index is 0.140. The highest BCUT2D eigenvalue weighted by atomic mass is 16.7. The van der Waals surface area contributed by atoms with Crippen LogP contribution >= 0.6 is 0 Å². The number of benzene rings is 1. The zero-order valence-electron chi connectivity index (χ0n) is 12.5. The Kier molecular flexibility index (Phi) is 5.77. The lowest BCUT2D eigenvalue weighted by Gasteiger charge is -2.33. The van der Waals surface area contributed by atoms with Crippen molar-refractivity contribution in [1.82, 2.24) is 0 Å². The summed E-state index contributed by atoms with van der Waals surface area (Å²) in [5, 5.41) is 0. The van der Waals surface area contributed by atoms with Gasteiger partial charge in [-0.2, -0.15) is 0 Å². The number of methoxy groups -OCH3 is 1. The Bertz CT molecular complexity index is 416. The van der Waals surface area contributed by atoms with Gasteiger partial charge in [0.05, 0.1) is 19.3 Å². The molecule has 0 amide bonds. The topological polar surface area (TPSA) is 27.7 Å². The summed E-state index contributed by atoms with van der Waals surface area (Å²) in [5.41, 5.74) is 1.20.